The van der Waals surface area contributed by atoms with Crippen LogP contribution in [0.1, 0.15) is 23.6 Å². The van der Waals surface area contributed by atoms with Gasteiger partial charge in [0.15, 0.2) is 0 Å². The molecule has 98 valence electrons. The lowest BCUT2D eigenvalue weighted by Crippen LogP contribution is -2.26. The van der Waals surface area contributed by atoms with Crippen LogP contribution in [0.15, 0.2) is 53.0 Å². The van der Waals surface area contributed by atoms with Gasteiger partial charge in [0.2, 0.25) is 0 Å². The van der Waals surface area contributed by atoms with Gasteiger partial charge < -0.3 is 10.1 Å². The van der Waals surface area contributed by atoms with Crippen LogP contribution in [-0.2, 0) is 6.54 Å². The average Bonchev–Trinajstić information content (AvgIpc) is 2.47. The molecule has 2 nitrogen and oxygen atoms in total. The van der Waals surface area contributed by atoms with E-state index in [1.807, 2.05) is 12.1 Å². The minimum absolute atomic E-state index is 0.383. The fraction of sp³-hybridized carbons (Fsp3) is 0.250. The van der Waals surface area contributed by atoms with Crippen molar-refractivity contribution in [1.29, 1.82) is 0 Å². The number of benzene rings is 2. The van der Waals surface area contributed by atoms with Crippen molar-refractivity contribution >= 4 is 15.9 Å². The molecule has 2 aromatic carbocycles. The van der Waals surface area contributed by atoms with Crippen LogP contribution in [0.5, 0.6) is 5.75 Å². The van der Waals surface area contributed by atoms with Gasteiger partial charge in [0, 0.05) is 29.0 Å². The van der Waals surface area contributed by atoms with Gasteiger partial charge in [-0.05, 0) is 23.8 Å². The van der Waals surface area contributed by atoms with Gasteiger partial charge in [-0.2, -0.15) is 0 Å². The Morgan fingerprint density at radius 2 is 1.89 bits per heavy atom. The molecule has 0 bridgehead atoms. The Balaban J connectivity index is 1.69. The second-order valence-electron chi connectivity index (χ2n) is 4.73. The molecule has 1 aliphatic rings. The first kappa shape index (κ1) is 12.7. The molecule has 1 atom stereocenters. The molecule has 1 unspecified atom stereocenters. The molecule has 0 aliphatic carbocycles. The molecule has 0 fully saturated rings. The molecule has 1 heterocycles. The summed E-state index contributed by atoms with van der Waals surface area (Å²) in [5, 5.41) is 3.62. The molecule has 3 rings (SSSR count). The van der Waals surface area contributed by atoms with E-state index in [4.69, 9.17) is 4.74 Å². The van der Waals surface area contributed by atoms with Crippen molar-refractivity contribution in [3.8, 4) is 5.75 Å². The summed E-state index contributed by atoms with van der Waals surface area (Å²) < 4.78 is 6.79. The van der Waals surface area contributed by atoms with E-state index in [1.54, 1.807) is 0 Å². The summed E-state index contributed by atoms with van der Waals surface area (Å²) in [6.07, 6.45) is 1.02. The van der Waals surface area contributed by atoms with E-state index in [0.29, 0.717) is 6.04 Å². The van der Waals surface area contributed by atoms with Gasteiger partial charge >= 0.3 is 0 Å². The first-order valence-electron chi connectivity index (χ1n) is 6.52. The zero-order chi connectivity index (χ0) is 13.1. The molecule has 1 aliphatic heterocycles. The number of halogens is 1. The number of hydrogen-bond acceptors (Lipinski definition) is 2. The van der Waals surface area contributed by atoms with E-state index >= 15 is 0 Å². The lowest BCUT2D eigenvalue weighted by atomic mass is 10.0. The monoisotopic (exact) mass is 317 g/mol. The molecule has 0 aromatic heterocycles. The normalized spacial score (nSPS) is 17.6. The van der Waals surface area contributed by atoms with E-state index in [2.05, 4.69) is 57.6 Å². The number of nitrogens with one attached hydrogen (secondary N) is 1. The van der Waals surface area contributed by atoms with Gasteiger partial charge in [0.25, 0.3) is 0 Å². The van der Waals surface area contributed by atoms with Gasteiger partial charge in [0.05, 0.1) is 6.61 Å². The Hall–Kier alpha value is -1.32. The van der Waals surface area contributed by atoms with Gasteiger partial charge in [-0.1, -0.05) is 46.3 Å². The number of para-hydroxylation sites is 1. The van der Waals surface area contributed by atoms with Crippen molar-refractivity contribution in [3.63, 3.8) is 0 Å². The van der Waals surface area contributed by atoms with Crippen LogP contribution in [-0.4, -0.2) is 6.61 Å². The minimum atomic E-state index is 0.383. The third-order valence-corrected chi connectivity index (χ3v) is 3.95. The molecule has 1 N–H and O–H groups in total. The number of rotatable bonds is 3. The van der Waals surface area contributed by atoms with Crippen molar-refractivity contribution in [2.75, 3.05) is 6.61 Å². The quantitative estimate of drug-likeness (QED) is 0.921. The zero-order valence-corrected chi connectivity index (χ0v) is 12.2. The highest BCUT2D eigenvalue weighted by Gasteiger charge is 2.20. The lowest BCUT2D eigenvalue weighted by Gasteiger charge is -2.26. The van der Waals surface area contributed by atoms with Gasteiger partial charge in [-0.3, -0.25) is 0 Å². The van der Waals surface area contributed by atoms with Crippen molar-refractivity contribution in [2.24, 2.45) is 0 Å². The molecular weight excluding hydrogens is 302 g/mol. The first-order chi connectivity index (χ1) is 9.33. The van der Waals surface area contributed by atoms with E-state index in [9.17, 15) is 0 Å². The molecule has 0 radical (unpaired) electrons. The second-order valence-corrected chi connectivity index (χ2v) is 5.65. The standard InChI is InChI=1S/C16H16BrNO/c17-13-7-5-12(6-8-13)11-18-15-9-10-19-16-4-2-1-3-14(15)16/h1-8,15,18H,9-11H2. The van der Waals surface area contributed by atoms with Crippen LogP contribution in [0.4, 0.5) is 0 Å². The maximum atomic E-state index is 5.68. The van der Waals surface area contributed by atoms with Gasteiger partial charge in [-0.25, -0.2) is 0 Å². The number of hydrogen-bond donors (Lipinski definition) is 1. The van der Waals surface area contributed by atoms with Crippen LogP contribution >= 0.6 is 15.9 Å². The third kappa shape index (κ3) is 2.99. The summed E-state index contributed by atoms with van der Waals surface area (Å²) in [5.41, 5.74) is 2.57. The molecule has 19 heavy (non-hydrogen) atoms. The topological polar surface area (TPSA) is 21.3 Å². The van der Waals surface area contributed by atoms with Crippen molar-refractivity contribution in [2.45, 2.75) is 19.0 Å². The van der Waals surface area contributed by atoms with Crippen LogP contribution in [0, 0.1) is 0 Å². The fourth-order valence-corrected chi connectivity index (χ4v) is 2.66. The van der Waals surface area contributed by atoms with Crippen LogP contribution < -0.4 is 10.1 Å². The highest BCUT2D eigenvalue weighted by atomic mass is 79.9. The third-order valence-electron chi connectivity index (χ3n) is 3.42. The number of ether oxygens (including phenoxy) is 1. The fourth-order valence-electron chi connectivity index (χ4n) is 2.40. The van der Waals surface area contributed by atoms with Gasteiger partial charge in [-0.15, -0.1) is 0 Å². The Labute approximate surface area is 121 Å². The summed E-state index contributed by atoms with van der Waals surface area (Å²) >= 11 is 3.46. The lowest BCUT2D eigenvalue weighted by molar-refractivity contribution is 0.252. The molecule has 2 aromatic rings. The Morgan fingerprint density at radius 1 is 1.11 bits per heavy atom. The molecular formula is C16H16BrNO. The van der Waals surface area contributed by atoms with E-state index in [1.165, 1.54) is 11.1 Å². The molecule has 0 saturated heterocycles. The van der Waals surface area contributed by atoms with E-state index in [0.717, 1.165) is 29.8 Å². The van der Waals surface area contributed by atoms with E-state index in [-0.39, 0.29) is 0 Å². The first-order valence-corrected chi connectivity index (χ1v) is 7.32. The predicted molar refractivity (Wildman–Crippen MR) is 80.3 cm³/mol. The largest absolute Gasteiger partial charge is 0.493 e. The molecule has 0 amide bonds. The summed E-state index contributed by atoms with van der Waals surface area (Å²) in [4.78, 5) is 0. The summed E-state index contributed by atoms with van der Waals surface area (Å²) in [5.74, 6) is 1.02. The maximum absolute atomic E-state index is 5.68. The van der Waals surface area contributed by atoms with Crippen molar-refractivity contribution < 1.29 is 4.74 Å². The van der Waals surface area contributed by atoms with Crippen LogP contribution in [0.25, 0.3) is 0 Å². The Bertz CT molecular complexity index is 553. The SMILES string of the molecule is Brc1ccc(CNC2CCOc3ccccc32)cc1. The van der Waals surface area contributed by atoms with Gasteiger partial charge in [0.1, 0.15) is 5.75 Å². The smallest absolute Gasteiger partial charge is 0.124 e. The predicted octanol–water partition coefficient (Wildman–Crippen LogP) is 4.06. The molecule has 0 spiro atoms. The Morgan fingerprint density at radius 3 is 2.74 bits per heavy atom. The minimum Gasteiger partial charge on any atom is -0.493 e. The summed E-state index contributed by atoms with van der Waals surface area (Å²) in [6.45, 7) is 1.67. The maximum Gasteiger partial charge on any atom is 0.124 e. The van der Waals surface area contributed by atoms with Crippen LogP contribution in [0.3, 0.4) is 0 Å². The van der Waals surface area contributed by atoms with E-state index < -0.39 is 0 Å². The molecule has 3 heteroatoms. The average molecular weight is 318 g/mol. The summed E-state index contributed by atoms with van der Waals surface area (Å²) in [6, 6.07) is 17.1. The number of fused-ring (bicyclic) bond motifs is 1. The Kier molecular flexibility index (Phi) is 3.85. The zero-order valence-electron chi connectivity index (χ0n) is 10.6. The van der Waals surface area contributed by atoms with Crippen molar-refractivity contribution in [1.82, 2.24) is 5.32 Å². The highest BCUT2D eigenvalue weighted by Crippen LogP contribution is 2.31. The second kappa shape index (κ2) is 5.76. The summed E-state index contributed by atoms with van der Waals surface area (Å²) in [7, 11) is 0. The van der Waals surface area contributed by atoms with Crippen LogP contribution in [0.2, 0.25) is 0 Å². The molecule has 0 saturated carbocycles. The van der Waals surface area contributed by atoms with Crippen molar-refractivity contribution in [3.05, 3.63) is 64.1 Å². The highest BCUT2D eigenvalue weighted by molar-refractivity contribution is 9.10.